The van der Waals surface area contributed by atoms with Gasteiger partial charge in [0.1, 0.15) is 6.26 Å². The average molecular weight is 96.1 g/mol. The van der Waals surface area contributed by atoms with Crippen molar-refractivity contribution < 1.29 is 9.32 Å². The van der Waals surface area contributed by atoms with Gasteiger partial charge in [-0.1, -0.05) is 5.16 Å². The van der Waals surface area contributed by atoms with Crippen LogP contribution in [0.4, 0.5) is 0 Å². The van der Waals surface area contributed by atoms with Crippen molar-refractivity contribution in [3.05, 3.63) is 18.0 Å². The third kappa shape index (κ3) is 0.652. The lowest BCUT2D eigenvalue weighted by molar-refractivity contribution is 0.417. The fraction of sp³-hybridized carbons (Fsp3) is 0. The quantitative estimate of drug-likeness (QED) is 0.499. The molecule has 0 fully saturated rings. The van der Waals surface area contributed by atoms with Crippen LogP contribution in [0.1, 0.15) is 5.69 Å². The second-order valence-electron chi connectivity index (χ2n) is 0.987. The van der Waals surface area contributed by atoms with Gasteiger partial charge in [-0.25, -0.2) is 0 Å². The van der Waals surface area contributed by atoms with E-state index in [1.165, 1.54) is 12.3 Å². The minimum atomic E-state index is 0.208. The number of aromatic nitrogens is 1. The van der Waals surface area contributed by atoms with Crippen LogP contribution in [-0.2, 0) is 4.79 Å². The van der Waals surface area contributed by atoms with Gasteiger partial charge in [0.2, 0.25) is 0 Å². The van der Waals surface area contributed by atoms with Crippen molar-refractivity contribution in [2.75, 3.05) is 0 Å². The molecule has 1 aromatic rings. The number of nitrogens with zero attached hydrogens (tertiary/aromatic N) is 1. The van der Waals surface area contributed by atoms with Gasteiger partial charge < -0.3 is 4.52 Å². The van der Waals surface area contributed by atoms with E-state index in [4.69, 9.17) is 0 Å². The Labute approximate surface area is 39.9 Å². The zero-order valence-corrected chi connectivity index (χ0v) is 3.42. The highest BCUT2D eigenvalue weighted by Gasteiger charge is 1.88. The summed E-state index contributed by atoms with van der Waals surface area (Å²) in [4.78, 5) is 9.62. The molecule has 0 bridgehead atoms. The molecule has 0 saturated heterocycles. The maximum Gasteiger partial charge on any atom is 0.257 e. The van der Waals surface area contributed by atoms with E-state index in [0.717, 1.165) is 0 Å². The standard InChI is InChI=1S/C4H2NO2/c6-3-4-1-2-7-5-4/h1-2H. The summed E-state index contributed by atoms with van der Waals surface area (Å²) in [7, 11) is 0. The lowest BCUT2D eigenvalue weighted by Gasteiger charge is -1.60. The van der Waals surface area contributed by atoms with Gasteiger partial charge in [0.05, 0.1) is 0 Å². The molecule has 0 aliphatic rings. The molecule has 0 N–H and O–H groups in total. The van der Waals surface area contributed by atoms with Crippen LogP contribution in [0.2, 0.25) is 0 Å². The van der Waals surface area contributed by atoms with Crippen molar-refractivity contribution in [1.29, 1.82) is 0 Å². The highest BCUT2D eigenvalue weighted by Crippen LogP contribution is 1.85. The van der Waals surface area contributed by atoms with Crippen molar-refractivity contribution >= 4 is 6.29 Å². The molecule has 0 atom stereocenters. The summed E-state index contributed by atoms with van der Waals surface area (Å²) in [5, 5.41) is 3.24. The highest BCUT2D eigenvalue weighted by molar-refractivity contribution is 5.71. The maximum atomic E-state index is 9.62. The summed E-state index contributed by atoms with van der Waals surface area (Å²) < 4.78 is 4.29. The summed E-state index contributed by atoms with van der Waals surface area (Å²) >= 11 is 0. The zero-order valence-electron chi connectivity index (χ0n) is 3.42. The van der Waals surface area contributed by atoms with E-state index in [-0.39, 0.29) is 5.69 Å². The van der Waals surface area contributed by atoms with Crippen LogP contribution in [0.25, 0.3) is 0 Å². The van der Waals surface area contributed by atoms with E-state index in [9.17, 15) is 4.79 Å². The van der Waals surface area contributed by atoms with Crippen LogP contribution in [0.5, 0.6) is 0 Å². The molecule has 0 saturated carbocycles. The van der Waals surface area contributed by atoms with Crippen LogP contribution in [0.3, 0.4) is 0 Å². The molecule has 3 nitrogen and oxygen atoms in total. The number of rotatable bonds is 1. The lowest BCUT2D eigenvalue weighted by Crippen LogP contribution is -1.73. The average Bonchev–Trinajstić information content (AvgIpc) is 2.14. The number of carbonyl (C=O) groups excluding carboxylic acids is 1. The summed E-state index contributed by atoms with van der Waals surface area (Å²) in [6.07, 6.45) is 2.87. The summed E-state index contributed by atoms with van der Waals surface area (Å²) in [6.45, 7) is 0. The highest BCUT2D eigenvalue weighted by atomic mass is 16.5. The molecule has 7 heavy (non-hydrogen) atoms. The van der Waals surface area contributed by atoms with E-state index in [1.54, 1.807) is 6.29 Å². The number of hydrogen-bond donors (Lipinski definition) is 0. The molecule has 3 heteroatoms. The third-order valence-corrected chi connectivity index (χ3v) is 0.542. The minimum Gasteiger partial charge on any atom is -0.364 e. The largest absolute Gasteiger partial charge is 0.364 e. The van der Waals surface area contributed by atoms with Gasteiger partial charge >= 0.3 is 0 Å². The zero-order chi connectivity index (χ0) is 5.11. The molecule has 1 aromatic heterocycles. The van der Waals surface area contributed by atoms with Crippen molar-refractivity contribution in [1.82, 2.24) is 5.16 Å². The van der Waals surface area contributed by atoms with Gasteiger partial charge in [-0.15, -0.1) is 0 Å². The Morgan fingerprint density at radius 1 is 1.86 bits per heavy atom. The lowest BCUT2D eigenvalue weighted by atomic mass is 10.5. The fourth-order valence-electron chi connectivity index (χ4n) is 0.265. The summed E-state index contributed by atoms with van der Waals surface area (Å²) in [5.41, 5.74) is 0.208. The molecule has 1 rings (SSSR count). The number of hydrogen-bond acceptors (Lipinski definition) is 3. The maximum absolute atomic E-state index is 9.62. The molecule has 0 aliphatic carbocycles. The Morgan fingerprint density at radius 2 is 2.71 bits per heavy atom. The molecule has 0 aliphatic heterocycles. The molecule has 35 valence electrons. The Bertz CT molecular complexity index is 145. The Hall–Kier alpha value is -1.12. The van der Waals surface area contributed by atoms with Gasteiger partial charge in [-0.05, 0) is 0 Å². The van der Waals surface area contributed by atoms with Gasteiger partial charge in [-0.2, -0.15) is 0 Å². The SMILES string of the molecule is O=[C]c1ccon1. The molecule has 0 amide bonds. The molecular formula is C4H2NO2. The van der Waals surface area contributed by atoms with Crippen LogP contribution in [-0.4, -0.2) is 11.4 Å². The molecule has 1 heterocycles. The topological polar surface area (TPSA) is 43.1 Å². The second-order valence-corrected chi connectivity index (χ2v) is 0.987. The second kappa shape index (κ2) is 1.55. The predicted octanol–water partition coefficient (Wildman–Crippen LogP) is 0.132. The van der Waals surface area contributed by atoms with Gasteiger partial charge in [0, 0.05) is 6.07 Å². The first-order chi connectivity index (χ1) is 3.43. The smallest absolute Gasteiger partial charge is 0.257 e. The first kappa shape index (κ1) is 4.05. The van der Waals surface area contributed by atoms with Crippen LogP contribution < -0.4 is 0 Å². The van der Waals surface area contributed by atoms with E-state index in [2.05, 4.69) is 9.68 Å². The van der Waals surface area contributed by atoms with Crippen molar-refractivity contribution in [3.8, 4) is 0 Å². The van der Waals surface area contributed by atoms with Crippen LogP contribution in [0.15, 0.2) is 16.9 Å². The van der Waals surface area contributed by atoms with Crippen molar-refractivity contribution in [3.63, 3.8) is 0 Å². The van der Waals surface area contributed by atoms with Crippen LogP contribution >= 0.6 is 0 Å². The van der Waals surface area contributed by atoms with Crippen molar-refractivity contribution in [2.24, 2.45) is 0 Å². The van der Waals surface area contributed by atoms with E-state index in [1.807, 2.05) is 0 Å². The van der Waals surface area contributed by atoms with E-state index >= 15 is 0 Å². The Kier molecular flexibility index (Phi) is 0.898. The summed E-state index contributed by atoms with van der Waals surface area (Å²) in [5.74, 6) is 0. The molecule has 0 unspecified atom stereocenters. The van der Waals surface area contributed by atoms with Gasteiger partial charge in [0.15, 0.2) is 5.69 Å². The fourth-order valence-corrected chi connectivity index (χ4v) is 0.265. The predicted molar refractivity (Wildman–Crippen MR) is 21.3 cm³/mol. The normalized spacial score (nSPS) is 8.57. The molecular weight excluding hydrogens is 94.0 g/mol. The van der Waals surface area contributed by atoms with E-state index in [0.29, 0.717) is 0 Å². The molecule has 0 spiro atoms. The van der Waals surface area contributed by atoms with Gasteiger partial charge in [0.25, 0.3) is 6.29 Å². The van der Waals surface area contributed by atoms with Crippen LogP contribution in [0, 0.1) is 0 Å². The van der Waals surface area contributed by atoms with Gasteiger partial charge in [-0.3, -0.25) is 4.79 Å². The Balaban J connectivity index is 2.96. The van der Waals surface area contributed by atoms with Crippen molar-refractivity contribution in [2.45, 2.75) is 0 Å². The third-order valence-electron chi connectivity index (χ3n) is 0.542. The molecule has 0 aromatic carbocycles. The minimum absolute atomic E-state index is 0.208. The monoisotopic (exact) mass is 96.0 g/mol. The Morgan fingerprint density at radius 3 is 3.00 bits per heavy atom. The molecule has 1 radical (unpaired) electrons. The first-order valence-corrected chi connectivity index (χ1v) is 1.72. The van der Waals surface area contributed by atoms with E-state index < -0.39 is 0 Å². The summed E-state index contributed by atoms with van der Waals surface area (Å²) in [6, 6.07) is 1.44. The first-order valence-electron chi connectivity index (χ1n) is 1.72.